The molecule has 1 aliphatic rings. The van der Waals surface area contributed by atoms with Gasteiger partial charge in [0, 0.05) is 25.2 Å². The van der Waals surface area contributed by atoms with Crippen molar-refractivity contribution in [3.8, 4) is 0 Å². The normalized spacial score (nSPS) is 38.4. The second kappa shape index (κ2) is 2.86. The van der Waals surface area contributed by atoms with Crippen LogP contribution in [0.4, 0.5) is 0 Å². The first-order valence-electron chi connectivity index (χ1n) is 3.77. The van der Waals surface area contributed by atoms with Crippen LogP contribution in [0.25, 0.3) is 0 Å². The van der Waals surface area contributed by atoms with Crippen molar-refractivity contribution in [3.05, 3.63) is 0 Å². The smallest absolute Gasteiger partial charge is 0.0452 e. The summed E-state index contributed by atoms with van der Waals surface area (Å²) in [4.78, 5) is 2.24. The average molecular weight is 144 g/mol. The SMILES string of the molecule is CC1CN(C)CC(C)N1O. The molecule has 2 atom stereocenters. The molecule has 0 aromatic heterocycles. The molecule has 1 rings (SSSR count). The van der Waals surface area contributed by atoms with Crippen molar-refractivity contribution < 1.29 is 5.21 Å². The van der Waals surface area contributed by atoms with Crippen molar-refractivity contribution in [3.63, 3.8) is 0 Å². The van der Waals surface area contributed by atoms with Crippen LogP contribution >= 0.6 is 0 Å². The molecule has 10 heavy (non-hydrogen) atoms. The van der Waals surface area contributed by atoms with Crippen LogP contribution in [0.15, 0.2) is 0 Å². The third-order valence-corrected chi connectivity index (χ3v) is 2.05. The molecule has 0 amide bonds. The van der Waals surface area contributed by atoms with Gasteiger partial charge in [0.1, 0.15) is 0 Å². The number of likely N-dealkylation sites (N-methyl/N-ethyl adjacent to an activating group) is 1. The van der Waals surface area contributed by atoms with E-state index >= 15 is 0 Å². The van der Waals surface area contributed by atoms with Crippen LogP contribution in [0, 0.1) is 0 Å². The molecule has 1 saturated heterocycles. The number of nitrogens with zero attached hydrogens (tertiary/aromatic N) is 2. The maximum atomic E-state index is 9.37. The van der Waals surface area contributed by atoms with E-state index in [1.54, 1.807) is 0 Å². The summed E-state index contributed by atoms with van der Waals surface area (Å²) >= 11 is 0. The highest BCUT2D eigenvalue weighted by atomic mass is 16.5. The van der Waals surface area contributed by atoms with Crippen molar-refractivity contribution >= 4 is 0 Å². The summed E-state index contributed by atoms with van der Waals surface area (Å²) in [6, 6.07) is 0.544. The molecule has 1 aliphatic heterocycles. The second-order valence-corrected chi connectivity index (χ2v) is 3.30. The minimum absolute atomic E-state index is 0.272. The van der Waals surface area contributed by atoms with E-state index in [-0.39, 0.29) is 12.1 Å². The minimum Gasteiger partial charge on any atom is -0.313 e. The predicted octanol–water partition coefficient (Wildman–Crippen LogP) is 0.400. The summed E-state index contributed by atoms with van der Waals surface area (Å²) in [5, 5.41) is 10.8. The maximum absolute atomic E-state index is 9.37. The van der Waals surface area contributed by atoms with Gasteiger partial charge >= 0.3 is 0 Å². The van der Waals surface area contributed by atoms with Crippen molar-refractivity contribution in [2.75, 3.05) is 20.1 Å². The molecule has 0 radical (unpaired) electrons. The van der Waals surface area contributed by atoms with Gasteiger partial charge in [0.25, 0.3) is 0 Å². The Morgan fingerprint density at radius 1 is 1.20 bits per heavy atom. The van der Waals surface area contributed by atoms with Gasteiger partial charge in [0.2, 0.25) is 0 Å². The fourth-order valence-corrected chi connectivity index (χ4v) is 1.58. The molecule has 1 fully saturated rings. The molecule has 0 aliphatic carbocycles. The first-order chi connectivity index (χ1) is 4.61. The van der Waals surface area contributed by atoms with Gasteiger partial charge in [-0.3, -0.25) is 0 Å². The van der Waals surface area contributed by atoms with Gasteiger partial charge in [-0.15, -0.1) is 0 Å². The van der Waals surface area contributed by atoms with E-state index in [0.717, 1.165) is 13.1 Å². The van der Waals surface area contributed by atoms with Crippen LogP contribution in [0.3, 0.4) is 0 Å². The Labute approximate surface area is 62.2 Å². The zero-order valence-corrected chi connectivity index (χ0v) is 6.91. The predicted molar refractivity (Wildman–Crippen MR) is 40.0 cm³/mol. The fourth-order valence-electron chi connectivity index (χ4n) is 1.58. The molecule has 0 spiro atoms. The zero-order chi connectivity index (χ0) is 7.72. The summed E-state index contributed by atoms with van der Waals surface area (Å²) in [6.07, 6.45) is 0. The van der Waals surface area contributed by atoms with E-state index in [1.165, 1.54) is 5.06 Å². The van der Waals surface area contributed by atoms with Crippen LogP contribution < -0.4 is 0 Å². The Hall–Kier alpha value is -0.120. The fraction of sp³-hybridized carbons (Fsp3) is 1.00. The summed E-state index contributed by atoms with van der Waals surface area (Å²) < 4.78 is 0. The Bertz CT molecular complexity index is 106. The van der Waals surface area contributed by atoms with E-state index in [4.69, 9.17) is 0 Å². The maximum Gasteiger partial charge on any atom is 0.0452 e. The molecule has 3 nitrogen and oxygen atoms in total. The number of rotatable bonds is 0. The van der Waals surface area contributed by atoms with Gasteiger partial charge in [0.05, 0.1) is 0 Å². The minimum atomic E-state index is 0.272. The molecule has 0 bridgehead atoms. The molecule has 2 unspecified atom stereocenters. The van der Waals surface area contributed by atoms with Gasteiger partial charge in [-0.05, 0) is 20.9 Å². The average Bonchev–Trinajstić information content (AvgIpc) is 1.82. The third kappa shape index (κ3) is 1.48. The van der Waals surface area contributed by atoms with Crippen LogP contribution in [0.5, 0.6) is 0 Å². The summed E-state index contributed by atoms with van der Waals surface area (Å²) in [5.41, 5.74) is 0. The zero-order valence-electron chi connectivity index (χ0n) is 6.91. The van der Waals surface area contributed by atoms with Gasteiger partial charge in [-0.2, -0.15) is 5.06 Å². The van der Waals surface area contributed by atoms with E-state index in [9.17, 15) is 5.21 Å². The second-order valence-electron chi connectivity index (χ2n) is 3.30. The first kappa shape index (κ1) is 7.98. The van der Waals surface area contributed by atoms with Crippen molar-refractivity contribution in [1.29, 1.82) is 0 Å². The van der Waals surface area contributed by atoms with E-state index in [1.807, 2.05) is 13.8 Å². The first-order valence-corrected chi connectivity index (χ1v) is 3.77. The molecule has 0 aromatic carbocycles. The number of hydrogen-bond acceptors (Lipinski definition) is 3. The van der Waals surface area contributed by atoms with E-state index in [0.29, 0.717) is 0 Å². The van der Waals surface area contributed by atoms with E-state index in [2.05, 4.69) is 11.9 Å². The molecule has 0 aromatic rings. The quantitative estimate of drug-likeness (QED) is 0.533. The van der Waals surface area contributed by atoms with Crippen LogP contribution in [0.1, 0.15) is 13.8 Å². The highest BCUT2D eigenvalue weighted by Crippen LogP contribution is 2.10. The van der Waals surface area contributed by atoms with Gasteiger partial charge in [-0.1, -0.05) is 0 Å². The Kier molecular flexibility index (Phi) is 2.28. The lowest BCUT2D eigenvalue weighted by Gasteiger charge is -2.38. The van der Waals surface area contributed by atoms with Crippen LogP contribution in [-0.2, 0) is 0 Å². The van der Waals surface area contributed by atoms with Gasteiger partial charge in [0.15, 0.2) is 0 Å². The summed E-state index contributed by atoms with van der Waals surface area (Å²) in [7, 11) is 2.08. The highest BCUT2D eigenvalue weighted by molar-refractivity contribution is 4.77. The molecule has 3 heteroatoms. The molecule has 0 saturated carbocycles. The Morgan fingerprint density at radius 3 is 2.00 bits per heavy atom. The lowest BCUT2D eigenvalue weighted by Crippen LogP contribution is -2.53. The van der Waals surface area contributed by atoms with Gasteiger partial charge < -0.3 is 10.1 Å². The molecular weight excluding hydrogens is 128 g/mol. The summed E-state index contributed by atoms with van der Waals surface area (Å²) in [5.74, 6) is 0. The van der Waals surface area contributed by atoms with Gasteiger partial charge in [-0.25, -0.2) is 0 Å². The van der Waals surface area contributed by atoms with Crippen LogP contribution in [-0.4, -0.2) is 47.4 Å². The van der Waals surface area contributed by atoms with Crippen molar-refractivity contribution in [1.82, 2.24) is 9.96 Å². The lowest BCUT2D eigenvalue weighted by molar-refractivity contribution is -0.178. The van der Waals surface area contributed by atoms with Crippen LogP contribution in [0.2, 0.25) is 0 Å². The highest BCUT2D eigenvalue weighted by Gasteiger charge is 2.25. The molecular formula is C7H16N2O. The van der Waals surface area contributed by atoms with Crippen molar-refractivity contribution in [2.24, 2.45) is 0 Å². The lowest BCUT2D eigenvalue weighted by atomic mass is 10.1. The molecule has 60 valence electrons. The molecule has 1 heterocycles. The standard InChI is InChI=1S/C7H16N2O/c1-6-4-8(3)5-7(2)9(6)10/h6-7,10H,4-5H2,1-3H3. The number of piperazine rings is 1. The van der Waals surface area contributed by atoms with E-state index < -0.39 is 0 Å². The molecule has 1 N–H and O–H groups in total. The Balaban J connectivity index is 2.49. The number of hydroxylamine groups is 2. The largest absolute Gasteiger partial charge is 0.313 e. The topological polar surface area (TPSA) is 26.7 Å². The Morgan fingerprint density at radius 2 is 1.60 bits per heavy atom. The summed E-state index contributed by atoms with van der Waals surface area (Å²) in [6.45, 7) is 5.99. The van der Waals surface area contributed by atoms with Crippen molar-refractivity contribution in [2.45, 2.75) is 25.9 Å². The number of hydrogen-bond donors (Lipinski definition) is 1. The monoisotopic (exact) mass is 144 g/mol. The third-order valence-electron chi connectivity index (χ3n) is 2.05.